The second-order valence-corrected chi connectivity index (χ2v) is 20.0. The van der Waals surface area contributed by atoms with E-state index >= 15 is 0 Å². The van der Waals surface area contributed by atoms with Crippen molar-refractivity contribution in [2.45, 2.75) is 113 Å². The number of benzene rings is 4. The number of methoxy groups -OCH3 is 2. The number of β-amino-alcohol motifs (C(OH)–C–C–N with tert-alkyl or cyclic N) is 1. The molecule has 420 valence electrons. The quantitative estimate of drug-likeness (QED) is 0.0387. The molecular weight excluding hydrogens is 1010 g/mol. The van der Waals surface area contributed by atoms with Gasteiger partial charge in [-0.1, -0.05) is 67.6 Å². The number of nitrogens with zero attached hydrogens (tertiary/aromatic N) is 2. The first-order valence-electron chi connectivity index (χ1n) is 25.6. The lowest BCUT2D eigenvalue weighted by Crippen LogP contribution is -2.63. The summed E-state index contributed by atoms with van der Waals surface area (Å²) in [5.41, 5.74) is 4.32. The zero-order valence-corrected chi connectivity index (χ0v) is 44.3. The number of likely N-dealkylation sites (N-methyl/N-ethyl adjacent to an activating group) is 1. The van der Waals surface area contributed by atoms with Crippen LogP contribution in [0.2, 0.25) is 0 Å². The van der Waals surface area contributed by atoms with Crippen LogP contribution in [0.3, 0.4) is 0 Å². The van der Waals surface area contributed by atoms with Crippen LogP contribution in [0.5, 0.6) is 11.5 Å². The minimum atomic E-state index is -1.78. The fourth-order valence-corrected chi connectivity index (χ4v) is 9.48. The Labute approximate surface area is 452 Å². The van der Waals surface area contributed by atoms with E-state index in [1.807, 2.05) is 48.5 Å². The monoisotopic (exact) mass is 1080 g/mol. The van der Waals surface area contributed by atoms with Gasteiger partial charge in [0.25, 0.3) is 5.91 Å². The summed E-state index contributed by atoms with van der Waals surface area (Å²) in [6.07, 6.45) is -8.76. The van der Waals surface area contributed by atoms with Gasteiger partial charge < -0.3 is 76.4 Å². The van der Waals surface area contributed by atoms with E-state index in [2.05, 4.69) is 26.6 Å². The van der Waals surface area contributed by atoms with Crippen LogP contribution in [0, 0.1) is 5.92 Å². The lowest BCUT2D eigenvalue weighted by Gasteiger charge is -2.32. The number of likely N-dealkylation sites (tertiary alicyclic amines) is 2. The summed E-state index contributed by atoms with van der Waals surface area (Å²) in [6, 6.07) is 19.6. The molecule has 0 aromatic heterocycles. The average Bonchev–Trinajstić information content (AvgIpc) is 3.94. The summed E-state index contributed by atoms with van der Waals surface area (Å²) >= 11 is 0. The third kappa shape index (κ3) is 15.2. The molecule has 4 aromatic carbocycles. The number of aliphatic hydroxyl groups is 6. The second-order valence-electron chi connectivity index (χ2n) is 20.0. The van der Waals surface area contributed by atoms with E-state index in [1.54, 1.807) is 74.5 Å². The number of nitrogens with one attached hydrogen (secondary N) is 5. The zero-order valence-electron chi connectivity index (χ0n) is 44.3. The molecule has 2 heterocycles. The van der Waals surface area contributed by atoms with Gasteiger partial charge in [0, 0.05) is 44.0 Å². The van der Waals surface area contributed by atoms with Gasteiger partial charge in [-0.3, -0.25) is 33.7 Å². The van der Waals surface area contributed by atoms with E-state index in [9.17, 15) is 64.2 Å². The molecule has 78 heavy (non-hydrogen) atoms. The molecule has 2 fully saturated rings. The number of carbonyl (C=O) groups is 7. The lowest BCUT2D eigenvalue weighted by atomic mass is 9.99. The zero-order chi connectivity index (χ0) is 57.0. The smallest absolute Gasteiger partial charge is 0.251 e. The molecule has 0 saturated carbocycles. The van der Waals surface area contributed by atoms with Crippen molar-refractivity contribution in [1.29, 1.82) is 0 Å². The highest BCUT2D eigenvalue weighted by Crippen LogP contribution is 2.28. The minimum absolute atomic E-state index is 0.0500. The second kappa shape index (κ2) is 27.3. The van der Waals surface area contributed by atoms with Crippen molar-refractivity contribution < 1.29 is 73.7 Å². The molecule has 2 saturated heterocycles. The largest absolute Gasteiger partial charge is 0.497 e. The normalized spacial score (nSPS) is 21.3. The Balaban J connectivity index is 1.12. The number of ether oxygens (including phenoxy) is 2. The third-order valence-electron chi connectivity index (χ3n) is 14.1. The highest BCUT2D eigenvalue weighted by atomic mass is 16.5. The van der Waals surface area contributed by atoms with Gasteiger partial charge in [-0.25, -0.2) is 0 Å². The molecule has 11 N–H and O–H groups in total. The van der Waals surface area contributed by atoms with Gasteiger partial charge in [-0.05, 0) is 91.5 Å². The molecule has 0 aliphatic carbocycles. The molecule has 6 rings (SSSR count). The Hall–Kier alpha value is -7.31. The van der Waals surface area contributed by atoms with E-state index < -0.39 is 127 Å². The van der Waals surface area contributed by atoms with Crippen LogP contribution in [0.4, 0.5) is 0 Å². The summed E-state index contributed by atoms with van der Waals surface area (Å²) in [5.74, 6) is -4.85. The molecule has 13 unspecified atom stereocenters. The maximum absolute atomic E-state index is 14.4. The fourth-order valence-electron chi connectivity index (χ4n) is 9.48. The number of aldehydes is 1. The summed E-state index contributed by atoms with van der Waals surface area (Å²) in [7, 11) is 4.68. The lowest BCUT2D eigenvalue weighted by molar-refractivity contribution is -0.146. The van der Waals surface area contributed by atoms with Crippen LogP contribution in [0.25, 0.3) is 22.3 Å². The maximum atomic E-state index is 14.4. The molecule has 2 aliphatic rings. The predicted octanol–water partition coefficient (Wildman–Crippen LogP) is -0.705. The molecule has 6 amide bonds. The van der Waals surface area contributed by atoms with Gasteiger partial charge in [0.15, 0.2) is 0 Å². The van der Waals surface area contributed by atoms with Crippen LogP contribution in [-0.4, -0.2) is 196 Å². The van der Waals surface area contributed by atoms with Crippen LogP contribution in [0.15, 0.2) is 97.1 Å². The van der Waals surface area contributed by atoms with Crippen LogP contribution in [0.1, 0.15) is 49.5 Å². The molecule has 4 aromatic rings. The fraction of sp³-hybridized carbons (Fsp3) is 0.446. The van der Waals surface area contributed by atoms with Gasteiger partial charge in [0.1, 0.15) is 48.0 Å². The van der Waals surface area contributed by atoms with Crippen molar-refractivity contribution >= 4 is 41.7 Å². The SMILES string of the molecule is COc1ccc(CC(O)C(NC(=O)C2CC(O)CN2C)C(=O)NC(C(=O)N2CC(C)C(O)C2C(=O)NCC(O)CC(NC(=O)c2ccc(-c3ccc(-c4ccc(OC)cc4)cc3)cc2)C(=O)NC(C=O)C(C)O)C(C)O)cc1. The van der Waals surface area contributed by atoms with E-state index in [1.165, 1.54) is 21.0 Å². The number of amides is 6. The van der Waals surface area contributed by atoms with Crippen molar-refractivity contribution in [1.82, 2.24) is 36.4 Å². The first-order chi connectivity index (χ1) is 37.1. The summed E-state index contributed by atoms with van der Waals surface area (Å²) in [6.45, 7) is 3.38. The molecule has 0 radical (unpaired) electrons. The molecule has 0 bridgehead atoms. The molecule has 22 heteroatoms. The summed E-state index contributed by atoms with van der Waals surface area (Å²) in [5, 5.41) is 77.7. The number of hydrogen-bond acceptors (Lipinski definition) is 16. The summed E-state index contributed by atoms with van der Waals surface area (Å²) < 4.78 is 10.5. The Morgan fingerprint density at radius 2 is 1.22 bits per heavy atom. The summed E-state index contributed by atoms with van der Waals surface area (Å²) in [4.78, 5) is 97.6. The Morgan fingerprint density at radius 1 is 0.679 bits per heavy atom. The van der Waals surface area contributed by atoms with E-state index in [-0.39, 0.29) is 31.5 Å². The van der Waals surface area contributed by atoms with Gasteiger partial charge >= 0.3 is 0 Å². The number of aliphatic hydroxyl groups excluding tert-OH is 6. The van der Waals surface area contributed by atoms with Gasteiger partial charge in [-0.2, -0.15) is 0 Å². The number of rotatable bonds is 24. The van der Waals surface area contributed by atoms with Crippen molar-refractivity contribution in [3.8, 4) is 33.8 Å². The number of hydrogen-bond donors (Lipinski definition) is 11. The van der Waals surface area contributed by atoms with Crippen molar-refractivity contribution in [2.24, 2.45) is 5.92 Å². The highest BCUT2D eigenvalue weighted by Gasteiger charge is 2.48. The predicted molar refractivity (Wildman–Crippen MR) is 284 cm³/mol. The third-order valence-corrected chi connectivity index (χ3v) is 14.1. The first-order valence-corrected chi connectivity index (χ1v) is 25.6. The van der Waals surface area contributed by atoms with E-state index in [0.29, 0.717) is 17.6 Å². The maximum Gasteiger partial charge on any atom is 0.251 e. The van der Waals surface area contributed by atoms with Gasteiger partial charge in [0.05, 0.1) is 56.9 Å². The van der Waals surface area contributed by atoms with Crippen molar-refractivity contribution in [3.05, 3.63) is 108 Å². The van der Waals surface area contributed by atoms with Crippen molar-refractivity contribution in [3.63, 3.8) is 0 Å². The Bertz CT molecular complexity index is 2690. The minimum Gasteiger partial charge on any atom is -0.497 e. The highest BCUT2D eigenvalue weighted by molar-refractivity contribution is 5.99. The van der Waals surface area contributed by atoms with Crippen LogP contribution >= 0.6 is 0 Å². The van der Waals surface area contributed by atoms with Gasteiger partial charge in [0.2, 0.25) is 29.5 Å². The van der Waals surface area contributed by atoms with E-state index in [0.717, 1.165) is 32.9 Å². The van der Waals surface area contributed by atoms with Crippen LogP contribution in [-0.2, 0) is 35.2 Å². The first kappa shape index (κ1) is 59.9. The molecule has 22 nitrogen and oxygen atoms in total. The molecule has 13 atom stereocenters. The van der Waals surface area contributed by atoms with E-state index in [4.69, 9.17) is 9.47 Å². The Kier molecular flexibility index (Phi) is 21.0. The Morgan fingerprint density at radius 3 is 1.72 bits per heavy atom. The van der Waals surface area contributed by atoms with Crippen molar-refractivity contribution in [2.75, 3.05) is 40.9 Å². The molecule has 2 aliphatic heterocycles. The molecular formula is C56H71N7O15. The topological polar surface area (TPSA) is 326 Å². The van der Waals surface area contributed by atoms with Gasteiger partial charge in [-0.15, -0.1) is 0 Å². The van der Waals surface area contributed by atoms with Crippen LogP contribution < -0.4 is 36.1 Å². The molecule has 0 spiro atoms. The number of carbonyl (C=O) groups excluding carboxylic acids is 7. The average molecular weight is 1080 g/mol. The standard InChI is InChI=1S/C56H71N7O15/c1-30-27-63(56(76)47(32(3)66)60-54(74)48(61-53(73)45-25-40(68)28-62(45)4)46(69)23-33-7-19-41(77-5)20-8-33)49(50(30)70)55(75)57-26-39(67)24-43(52(72)59-44(29-64)31(2)65)58-51(71)38-15-13-36(14-16-38)34-9-11-35(12-10-34)37-17-21-42(78-6)22-18-37/h7-22,29-32,39-40,43-50,65-70H,23-28H2,1-6H3,(H,57,75)(H,58,71)(H,59,72)(H,60,74)(H,61,73).